The first-order chi connectivity index (χ1) is 10.9. The minimum absolute atomic E-state index is 0.138. The van der Waals surface area contributed by atoms with Crippen molar-refractivity contribution in [2.75, 3.05) is 17.3 Å². The van der Waals surface area contributed by atoms with Gasteiger partial charge in [0.05, 0.1) is 10.6 Å². The Morgan fingerprint density at radius 3 is 2.39 bits per heavy atom. The topological polar surface area (TPSA) is 63.2 Å². The lowest BCUT2D eigenvalue weighted by atomic mass is 10.2. The molecule has 4 nitrogen and oxygen atoms in total. The van der Waals surface area contributed by atoms with Crippen LogP contribution in [0, 0.1) is 6.92 Å². The predicted molar refractivity (Wildman–Crippen MR) is 94.7 cm³/mol. The van der Waals surface area contributed by atoms with Gasteiger partial charge in [-0.3, -0.25) is 4.79 Å². The van der Waals surface area contributed by atoms with Gasteiger partial charge in [0.15, 0.2) is 9.84 Å². The lowest BCUT2D eigenvalue weighted by Crippen LogP contribution is -2.14. The molecule has 2 rings (SSSR count). The number of benzene rings is 2. The van der Waals surface area contributed by atoms with Crippen molar-refractivity contribution in [1.82, 2.24) is 0 Å². The van der Waals surface area contributed by atoms with E-state index in [0.29, 0.717) is 17.9 Å². The summed E-state index contributed by atoms with van der Waals surface area (Å²) < 4.78 is 23.4. The molecule has 122 valence electrons. The molecular formula is C17H19NO3S2. The van der Waals surface area contributed by atoms with Crippen molar-refractivity contribution in [3.05, 3.63) is 54.1 Å². The second-order valence-electron chi connectivity index (χ2n) is 5.23. The molecule has 23 heavy (non-hydrogen) atoms. The molecule has 0 heterocycles. The van der Waals surface area contributed by atoms with Gasteiger partial charge in [0.2, 0.25) is 5.91 Å². The molecule has 0 aromatic heterocycles. The minimum Gasteiger partial charge on any atom is -0.325 e. The average Bonchev–Trinajstić information content (AvgIpc) is 2.49. The number of sulfone groups is 1. The summed E-state index contributed by atoms with van der Waals surface area (Å²) in [5, 5.41) is 2.68. The van der Waals surface area contributed by atoms with Gasteiger partial charge in [-0.2, -0.15) is 0 Å². The summed E-state index contributed by atoms with van der Waals surface area (Å²) in [6, 6.07) is 14.5. The van der Waals surface area contributed by atoms with E-state index in [-0.39, 0.29) is 10.8 Å². The van der Waals surface area contributed by atoms with Gasteiger partial charge in [0, 0.05) is 23.3 Å². The zero-order chi connectivity index (χ0) is 16.9. The maximum Gasteiger partial charge on any atom is 0.225 e. The molecule has 2 aromatic carbocycles. The molecule has 0 spiro atoms. The SMILES string of the molecule is Cc1ccc(SCCC(=O)Nc2ccccc2S(C)(=O)=O)cc1. The second kappa shape index (κ2) is 7.66. The summed E-state index contributed by atoms with van der Waals surface area (Å²) >= 11 is 1.60. The Labute approximate surface area is 141 Å². The van der Waals surface area contributed by atoms with Crippen LogP contribution in [0.15, 0.2) is 58.3 Å². The summed E-state index contributed by atoms with van der Waals surface area (Å²) in [5.41, 5.74) is 1.53. The molecule has 0 saturated carbocycles. The van der Waals surface area contributed by atoms with E-state index in [1.807, 2.05) is 31.2 Å². The average molecular weight is 349 g/mol. The zero-order valence-corrected chi connectivity index (χ0v) is 14.7. The summed E-state index contributed by atoms with van der Waals surface area (Å²) in [6.45, 7) is 2.03. The molecule has 0 unspecified atom stereocenters. The number of nitrogens with one attached hydrogen (secondary N) is 1. The Morgan fingerprint density at radius 1 is 1.09 bits per heavy atom. The van der Waals surface area contributed by atoms with E-state index in [1.54, 1.807) is 30.0 Å². The lowest BCUT2D eigenvalue weighted by Gasteiger charge is -2.09. The lowest BCUT2D eigenvalue weighted by molar-refractivity contribution is -0.115. The molecule has 0 bridgehead atoms. The van der Waals surface area contributed by atoms with Crippen LogP contribution in [0.4, 0.5) is 5.69 Å². The number of aryl methyl sites for hydroxylation is 1. The van der Waals surface area contributed by atoms with Gasteiger partial charge in [-0.1, -0.05) is 29.8 Å². The van der Waals surface area contributed by atoms with E-state index in [4.69, 9.17) is 0 Å². The molecule has 1 amide bonds. The summed E-state index contributed by atoms with van der Waals surface area (Å²) in [5.74, 6) is 0.441. The monoisotopic (exact) mass is 349 g/mol. The first-order valence-corrected chi connectivity index (χ1v) is 10.0. The Hall–Kier alpha value is -1.79. The Bertz CT molecular complexity index is 784. The van der Waals surface area contributed by atoms with Gasteiger partial charge in [0.1, 0.15) is 0 Å². The van der Waals surface area contributed by atoms with Crippen molar-refractivity contribution in [2.24, 2.45) is 0 Å². The van der Waals surface area contributed by atoms with Gasteiger partial charge in [-0.15, -0.1) is 11.8 Å². The molecule has 0 aliphatic heterocycles. The quantitative estimate of drug-likeness (QED) is 0.811. The molecule has 6 heteroatoms. The van der Waals surface area contributed by atoms with Crippen LogP contribution in [-0.2, 0) is 14.6 Å². The third-order valence-electron chi connectivity index (χ3n) is 3.18. The highest BCUT2D eigenvalue weighted by atomic mass is 32.2. The standard InChI is InChI=1S/C17H19NO3S2/c1-13-7-9-14(10-8-13)22-12-11-17(19)18-15-5-3-4-6-16(15)23(2,20)21/h3-10H,11-12H2,1-2H3,(H,18,19). The molecule has 0 atom stereocenters. The Kier molecular flexibility index (Phi) is 5.85. The number of hydrogen-bond acceptors (Lipinski definition) is 4. The molecule has 2 aromatic rings. The highest BCUT2D eigenvalue weighted by molar-refractivity contribution is 7.99. The van der Waals surface area contributed by atoms with Crippen LogP contribution in [0.2, 0.25) is 0 Å². The van der Waals surface area contributed by atoms with E-state index in [0.717, 1.165) is 11.2 Å². The van der Waals surface area contributed by atoms with E-state index >= 15 is 0 Å². The van der Waals surface area contributed by atoms with Crippen LogP contribution in [-0.4, -0.2) is 26.3 Å². The molecule has 0 radical (unpaired) electrons. The van der Waals surface area contributed by atoms with Crippen molar-refractivity contribution >= 4 is 33.2 Å². The fraction of sp³-hybridized carbons (Fsp3) is 0.235. The fourth-order valence-electron chi connectivity index (χ4n) is 2.00. The Balaban J connectivity index is 1.92. The fourth-order valence-corrected chi connectivity index (χ4v) is 3.70. The number of hydrogen-bond donors (Lipinski definition) is 1. The number of rotatable bonds is 6. The number of carbonyl (C=O) groups excluding carboxylic acids is 1. The minimum atomic E-state index is -3.37. The third kappa shape index (κ3) is 5.41. The van der Waals surface area contributed by atoms with Crippen LogP contribution in [0.1, 0.15) is 12.0 Å². The maximum atomic E-state index is 12.0. The van der Waals surface area contributed by atoms with Gasteiger partial charge in [-0.05, 0) is 31.2 Å². The number of thioether (sulfide) groups is 1. The van der Waals surface area contributed by atoms with Crippen LogP contribution >= 0.6 is 11.8 Å². The first-order valence-electron chi connectivity index (χ1n) is 7.14. The van der Waals surface area contributed by atoms with Crippen molar-refractivity contribution in [3.8, 4) is 0 Å². The third-order valence-corrected chi connectivity index (χ3v) is 5.35. The molecule has 0 saturated heterocycles. The van der Waals surface area contributed by atoms with E-state index in [1.165, 1.54) is 11.6 Å². The molecular weight excluding hydrogens is 330 g/mol. The van der Waals surface area contributed by atoms with E-state index < -0.39 is 9.84 Å². The molecule has 0 fully saturated rings. The maximum absolute atomic E-state index is 12.0. The first kappa shape index (κ1) is 17.6. The van der Waals surface area contributed by atoms with Crippen LogP contribution < -0.4 is 5.32 Å². The Morgan fingerprint density at radius 2 is 1.74 bits per heavy atom. The molecule has 1 N–H and O–H groups in total. The van der Waals surface area contributed by atoms with E-state index in [9.17, 15) is 13.2 Å². The summed E-state index contributed by atoms with van der Waals surface area (Å²) in [7, 11) is -3.37. The van der Waals surface area contributed by atoms with Crippen molar-refractivity contribution in [2.45, 2.75) is 23.1 Å². The van der Waals surface area contributed by atoms with Crippen molar-refractivity contribution in [1.29, 1.82) is 0 Å². The predicted octanol–water partition coefficient (Wildman–Crippen LogP) is 3.52. The zero-order valence-electron chi connectivity index (χ0n) is 13.1. The van der Waals surface area contributed by atoms with Crippen LogP contribution in [0.5, 0.6) is 0 Å². The van der Waals surface area contributed by atoms with Crippen LogP contribution in [0.3, 0.4) is 0 Å². The van der Waals surface area contributed by atoms with Gasteiger partial charge < -0.3 is 5.32 Å². The number of anilines is 1. The second-order valence-corrected chi connectivity index (χ2v) is 8.38. The van der Waals surface area contributed by atoms with Gasteiger partial charge in [0.25, 0.3) is 0 Å². The van der Waals surface area contributed by atoms with Crippen molar-refractivity contribution in [3.63, 3.8) is 0 Å². The van der Waals surface area contributed by atoms with Gasteiger partial charge in [-0.25, -0.2) is 8.42 Å². The summed E-state index contributed by atoms with van der Waals surface area (Å²) in [6.07, 6.45) is 1.45. The van der Waals surface area contributed by atoms with Crippen molar-refractivity contribution < 1.29 is 13.2 Å². The van der Waals surface area contributed by atoms with E-state index in [2.05, 4.69) is 5.32 Å². The number of amides is 1. The number of para-hydroxylation sites is 1. The molecule has 0 aliphatic rings. The van der Waals surface area contributed by atoms with Gasteiger partial charge >= 0.3 is 0 Å². The molecule has 0 aliphatic carbocycles. The van der Waals surface area contributed by atoms with Crippen LogP contribution in [0.25, 0.3) is 0 Å². The highest BCUT2D eigenvalue weighted by Gasteiger charge is 2.14. The number of carbonyl (C=O) groups is 1. The highest BCUT2D eigenvalue weighted by Crippen LogP contribution is 2.22. The smallest absolute Gasteiger partial charge is 0.225 e. The largest absolute Gasteiger partial charge is 0.325 e. The summed E-state index contributed by atoms with van der Waals surface area (Å²) in [4.78, 5) is 13.3. The normalized spacial score (nSPS) is 11.2.